The number of aryl methyl sites for hydroxylation is 1. The van der Waals surface area contributed by atoms with E-state index in [4.69, 9.17) is 4.74 Å². The number of anilines is 1. The lowest BCUT2D eigenvalue weighted by atomic mass is 10.1. The number of hydrogen-bond acceptors (Lipinski definition) is 4. The number of carbonyl (C=O) groups excluding carboxylic acids is 1. The summed E-state index contributed by atoms with van der Waals surface area (Å²) in [5.74, 6) is 0.572. The first-order chi connectivity index (χ1) is 14.0. The normalized spacial score (nSPS) is 10.7. The molecule has 0 saturated carbocycles. The van der Waals surface area contributed by atoms with Crippen molar-refractivity contribution < 1.29 is 9.53 Å². The zero-order valence-corrected chi connectivity index (χ0v) is 16.9. The van der Waals surface area contributed by atoms with Crippen molar-refractivity contribution in [1.82, 2.24) is 5.43 Å². The molecule has 3 aromatic rings. The van der Waals surface area contributed by atoms with E-state index in [2.05, 4.69) is 10.5 Å². The van der Waals surface area contributed by atoms with Crippen molar-refractivity contribution in [3.63, 3.8) is 0 Å². The molecule has 148 valence electrons. The lowest BCUT2D eigenvalue weighted by Crippen LogP contribution is -2.17. The van der Waals surface area contributed by atoms with E-state index in [1.165, 1.54) is 5.56 Å². The van der Waals surface area contributed by atoms with Crippen LogP contribution in [0.4, 0.5) is 5.69 Å². The molecule has 3 aromatic carbocycles. The lowest BCUT2D eigenvalue weighted by molar-refractivity contribution is 0.0955. The van der Waals surface area contributed by atoms with Gasteiger partial charge in [-0.25, -0.2) is 5.43 Å². The smallest absolute Gasteiger partial charge is 0.271 e. The van der Waals surface area contributed by atoms with Crippen LogP contribution in [0.1, 0.15) is 27.0 Å². The topological polar surface area (TPSA) is 53.9 Å². The molecule has 0 radical (unpaired) electrons. The Labute approximate surface area is 171 Å². The van der Waals surface area contributed by atoms with Gasteiger partial charge >= 0.3 is 0 Å². The maximum absolute atomic E-state index is 12.2. The minimum absolute atomic E-state index is 0.253. The number of ether oxygens (including phenoxy) is 1. The summed E-state index contributed by atoms with van der Waals surface area (Å²) in [5, 5.41) is 4.04. The highest BCUT2D eigenvalue weighted by atomic mass is 16.5. The minimum atomic E-state index is -0.253. The van der Waals surface area contributed by atoms with Gasteiger partial charge in [0.15, 0.2) is 0 Å². The van der Waals surface area contributed by atoms with Gasteiger partial charge in [0.2, 0.25) is 0 Å². The van der Waals surface area contributed by atoms with Crippen molar-refractivity contribution in [1.29, 1.82) is 0 Å². The molecule has 0 fully saturated rings. The average Bonchev–Trinajstić information content (AvgIpc) is 2.74. The first-order valence-electron chi connectivity index (χ1n) is 9.40. The number of hydrogen-bond donors (Lipinski definition) is 1. The van der Waals surface area contributed by atoms with Gasteiger partial charge < -0.3 is 9.64 Å². The molecule has 0 saturated heterocycles. The number of hydrazone groups is 1. The minimum Gasteiger partial charge on any atom is -0.489 e. The molecule has 5 heteroatoms. The third-order valence-electron chi connectivity index (χ3n) is 4.43. The Hall–Kier alpha value is -3.60. The zero-order chi connectivity index (χ0) is 20.6. The molecule has 0 aromatic heterocycles. The van der Waals surface area contributed by atoms with Gasteiger partial charge in [-0.3, -0.25) is 4.79 Å². The molecule has 0 aliphatic heterocycles. The number of nitrogens with one attached hydrogen (secondary N) is 1. The fraction of sp³-hybridized carbons (Fsp3) is 0.167. The Morgan fingerprint density at radius 2 is 1.62 bits per heavy atom. The van der Waals surface area contributed by atoms with Crippen molar-refractivity contribution in [2.45, 2.75) is 13.5 Å². The molecule has 1 N–H and O–H groups in total. The molecule has 0 heterocycles. The molecule has 0 aliphatic carbocycles. The summed E-state index contributed by atoms with van der Waals surface area (Å²) < 4.78 is 5.76. The number of benzene rings is 3. The largest absolute Gasteiger partial charge is 0.489 e. The highest BCUT2D eigenvalue weighted by Crippen LogP contribution is 2.14. The van der Waals surface area contributed by atoms with Crippen LogP contribution >= 0.6 is 0 Å². The maximum Gasteiger partial charge on any atom is 0.271 e. The summed E-state index contributed by atoms with van der Waals surface area (Å²) in [6.07, 6.45) is 1.63. The van der Waals surface area contributed by atoms with Gasteiger partial charge in [0, 0.05) is 25.3 Å². The van der Waals surface area contributed by atoms with Crippen molar-refractivity contribution in [2.75, 3.05) is 19.0 Å². The van der Waals surface area contributed by atoms with Crippen LogP contribution < -0.4 is 15.1 Å². The van der Waals surface area contributed by atoms with E-state index in [0.29, 0.717) is 12.2 Å². The van der Waals surface area contributed by atoms with Crippen LogP contribution in [-0.4, -0.2) is 26.2 Å². The molecule has 0 spiro atoms. The molecule has 0 atom stereocenters. The van der Waals surface area contributed by atoms with Crippen molar-refractivity contribution in [3.8, 4) is 5.75 Å². The quantitative estimate of drug-likeness (QED) is 0.483. The summed E-state index contributed by atoms with van der Waals surface area (Å²) in [6, 6.07) is 23.1. The van der Waals surface area contributed by atoms with Crippen LogP contribution in [0.5, 0.6) is 5.75 Å². The summed E-state index contributed by atoms with van der Waals surface area (Å²) >= 11 is 0. The van der Waals surface area contributed by atoms with E-state index in [-0.39, 0.29) is 5.91 Å². The van der Waals surface area contributed by atoms with Gasteiger partial charge in [-0.05, 0) is 54.4 Å². The van der Waals surface area contributed by atoms with Gasteiger partial charge in [-0.15, -0.1) is 0 Å². The monoisotopic (exact) mass is 387 g/mol. The zero-order valence-electron chi connectivity index (χ0n) is 16.9. The fourth-order valence-corrected chi connectivity index (χ4v) is 2.64. The van der Waals surface area contributed by atoms with Crippen LogP contribution in [-0.2, 0) is 6.61 Å². The van der Waals surface area contributed by atoms with E-state index in [0.717, 1.165) is 22.6 Å². The summed E-state index contributed by atoms with van der Waals surface area (Å²) in [7, 11) is 3.98. The lowest BCUT2D eigenvalue weighted by Gasteiger charge is -2.11. The van der Waals surface area contributed by atoms with Gasteiger partial charge in [-0.2, -0.15) is 5.10 Å². The van der Waals surface area contributed by atoms with E-state index in [9.17, 15) is 4.79 Å². The SMILES string of the molecule is Cc1ccc(OCc2ccc(C(=O)NN=Cc3ccc(N(C)C)cc3)cc2)cc1. The first kappa shape index (κ1) is 20.1. The fourth-order valence-electron chi connectivity index (χ4n) is 2.64. The van der Waals surface area contributed by atoms with E-state index in [1.54, 1.807) is 18.3 Å². The molecule has 0 aliphatic rings. The molecule has 1 amide bonds. The second kappa shape index (κ2) is 9.55. The molecular weight excluding hydrogens is 362 g/mol. The predicted octanol–water partition coefficient (Wildman–Crippen LogP) is 4.40. The molecule has 3 rings (SSSR count). The van der Waals surface area contributed by atoms with E-state index >= 15 is 0 Å². The molecule has 5 nitrogen and oxygen atoms in total. The van der Waals surface area contributed by atoms with Crippen LogP contribution in [0.25, 0.3) is 0 Å². The van der Waals surface area contributed by atoms with Gasteiger partial charge in [-0.1, -0.05) is 42.0 Å². The molecule has 29 heavy (non-hydrogen) atoms. The Bertz CT molecular complexity index is 961. The third-order valence-corrected chi connectivity index (χ3v) is 4.43. The molecular formula is C24H25N3O2. The van der Waals surface area contributed by atoms with Gasteiger partial charge in [0.1, 0.15) is 12.4 Å². The summed E-state index contributed by atoms with van der Waals surface area (Å²) in [6.45, 7) is 2.49. The highest BCUT2D eigenvalue weighted by Gasteiger charge is 2.04. The Morgan fingerprint density at radius 1 is 0.966 bits per heavy atom. The van der Waals surface area contributed by atoms with Crippen LogP contribution in [0.3, 0.4) is 0 Å². The number of nitrogens with zero attached hydrogens (tertiary/aromatic N) is 2. The van der Waals surface area contributed by atoms with Crippen LogP contribution in [0, 0.1) is 6.92 Å². The maximum atomic E-state index is 12.2. The van der Waals surface area contributed by atoms with E-state index in [1.807, 2.05) is 86.6 Å². The molecule has 0 unspecified atom stereocenters. The van der Waals surface area contributed by atoms with E-state index < -0.39 is 0 Å². The number of rotatable bonds is 7. The van der Waals surface area contributed by atoms with Crippen LogP contribution in [0.15, 0.2) is 77.9 Å². The standard InChI is InChI=1S/C24H25N3O2/c1-18-4-14-23(15-5-18)29-17-20-6-10-21(11-7-20)24(28)26-25-16-19-8-12-22(13-9-19)27(2)3/h4-16H,17H2,1-3H3,(H,26,28). The van der Waals surface area contributed by atoms with Crippen molar-refractivity contribution >= 4 is 17.8 Å². The van der Waals surface area contributed by atoms with Gasteiger partial charge in [0.05, 0.1) is 6.21 Å². The Kier molecular flexibility index (Phi) is 6.63. The second-order valence-electron chi connectivity index (χ2n) is 6.98. The third kappa shape index (κ3) is 5.94. The number of carbonyl (C=O) groups is 1. The highest BCUT2D eigenvalue weighted by molar-refractivity contribution is 5.94. The second-order valence-corrected chi connectivity index (χ2v) is 6.98. The first-order valence-corrected chi connectivity index (χ1v) is 9.40. The summed E-state index contributed by atoms with van der Waals surface area (Å²) in [4.78, 5) is 14.3. The Morgan fingerprint density at radius 3 is 2.24 bits per heavy atom. The predicted molar refractivity (Wildman–Crippen MR) is 118 cm³/mol. The number of amides is 1. The van der Waals surface area contributed by atoms with Crippen molar-refractivity contribution in [2.24, 2.45) is 5.10 Å². The van der Waals surface area contributed by atoms with Crippen molar-refractivity contribution in [3.05, 3.63) is 95.1 Å². The molecule has 0 bridgehead atoms. The Balaban J connectivity index is 1.51. The summed E-state index contributed by atoms with van der Waals surface area (Å²) in [5.41, 5.74) is 7.31. The van der Waals surface area contributed by atoms with Crippen LogP contribution in [0.2, 0.25) is 0 Å². The average molecular weight is 387 g/mol. The van der Waals surface area contributed by atoms with Gasteiger partial charge in [0.25, 0.3) is 5.91 Å².